The van der Waals surface area contributed by atoms with Gasteiger partial charge in [0.15, 0.2) is 5.96 Å². The zero-order valence-corrected chi connectivity index (χ0v) is 15.8. The van der Waals surface area contributed by atoms with Gasteiger partial charge in [0.25, 0.3) is 0 Å². The van der Waals surface area contributed by atoms with Crippen molar-refractivity contribution < 1.29 is 9.13 Å². The Morgan fingerprint density at radius 3 is 2.54 bits per heavy atom. The highest BCUT2D eigenvalue weighted by Crippen LogP contribution is 2.12. The first-order valence-corrected chi connectivity index (χ1v) is 8.97. The van der Waals surface area contributed by atoms with Crippen LogP contribution in [0, 0.1) is 12.7 Å². The third-order valence-corrected chi connectivity index (χ3v) is 4.16. The third kappa shape index (κ3) is 6.15. The zero-order chi connectivity index (χ0) is 18.8. The minimum atomic E-state index is -0.191. The molecule has 0 aliphatic heterocycles. The predicted octanol–water partition coefficient (Wildman–Crippen LogP) is 3.58. The van der Waals surface area contributed by atoms with E-state index in [1.807, 2.05) is 32.0 Å². The summed E-state index contributed by atoms with van der Waals surface area (Å²) < 4.78 is 18.4. The van der Waals surface area contributed by atoms with Gasteiger partial charge in [0, 0.05) is 20.2 Å². The Kier molecular flexibility index (Phi) is 8.09. The minimum Gasteiger partial charge on any atom is -0.380 e. The number of rotatable bonds is 8. The Labute approximate surface area is 155 Å². The highest BCUT2D eigenvalue weighted by atomic mass is 19.1. The van der Waals surface area contributed by atoms with Crippen molar-refractivity contribution in [1.29, 1.82) is 0 Å². The van der Waals surface area contributed by atoms with Crippen LogP contribution in [0.25, 0.3) is 0 Å². The molecule has 0 unspecified atom stereocenters. The maximum atomic E-state index is 13.2. The van der Waals surface area contributed by atoms with Crippen molar-refractivity contribution in [2.24, 2.45) is 4.99 Å². The first-order chi connectivity index (χ1) is 12.6. The second-order valence-corrected chi connectivity index (χ2v) is 6.14. The van der Waals surface area contributed by atoms with Gasteiger partial charge in [0.2, 0.25) is 0 Å². The number of nitrogens with zero attached hydrogens (tertiary/aromatic N) is 1. The van der Waals surface area contributed by atoms with Crippen LogP contribution in [0.15, 0.2) is 47.5 Å². The lowest BCUT2D eigenvalue weighted by Crippen LogP contribution is -2.38. The summed E-state index contributed by atoms with van der Waals surface area (Å²) in [5.74, 6) is 0.586. The molecule has 0 atom stereocenters. The molecule has 0 spiro atoms. The first kappa shape index (κ1) is 19.9. The monoisotopic (exact) mass is 357 g/mol. The molecule has 0 saturated carbocycles. The van der Waals surface area contributed by atoms with Crippen LogP contribution in [0.4, 0.5) is 4.39 Å². The van der Waals surface area contributed by atoms with E-state index in [4.69, 9.17) is 4.74 Å². The number of aryl methyl sites for hydroxylation is 1. The number of hydrogen-bond donors (Lipinski definition) is 2. The maximum absolute atomic E-state index is 13.2. The molecule has 0 amide bonds. The van der Waals surface area contributed by atoms with Crippen LogP contribution in [-0.4, -0.2) is 26.2 Å². The van der Waals surface area contributed by atoms with Crippen molar-refractivity contribution in [1.82, 2.24) is 10.6 Å². The van der Waals surface area contributed by atoms with Crippen LogP contribution in [0.3, 0.4) is 0 Å². The summed E-state index contributed by atoms with van der Waals surface area (Å²) >= 11 is 0. The molecule has 0 aromatic heterocycles. The Morgan fingerprint density at radius 2 is 1.85 bits per heavy atom. The van der Waals surface area contributed by atoms with Crippen LogP contribution in [-0.2, 0) is 24.3 Å². The van der Waals surface area contributed by atoms with E-state index in [-0.39, 0.29) is 5.82 Å². The van der Waals surface area contributed by atoms with E-state index < -0.39 is 0 Å². The molecular weight excluding hydrogens is 329 g/mol. The highest BCUT2D eigenvalue weighted by Gasteiger charge is 2.04. The molecule has 0 aliphatic rings. The van der Waals surface area contributed by atoms with Crippen LogP contribution >= 0.6 is 0 Å². The van der Waals surface area contributed by atoms with E-state index in [0.717, 1.165) is 47.7 Å². The fourth-order valence-corrected chi connectivity index (χ4v) is 2.77. The SMILES string of the molecule is CCNC(=NCc1ccccc1COC)NCCc1ccc(F)cc1C. The topological polar surface area (TPSA) is 45.7 Å². The third-order valence-electron chi connectivity index (χ3n) is 4.16. The smallest absolute Gasteiger partial charge is 0.191 e. The van der Waals surface area contributed by atoms with E-state index in [9.17, 15) is 4.39 Å². The Balaban J connectivity index is 1.96. The molecule has 0 fully saturated rings. The summed E-state index contributed by atoms with van der Waals surface area (Å²) in [6.45, 7) is 6.67. The number of methoxy groups -OCH3 is 1. The molecule has 0 radical (unpaired) electrons. The first-order valence-electron chi connectivity index (χ1n) is 8.97. The van der Waals surface area contributed by atoms with Gasteiger partial charge in [-0.2, -0.15) is 0 Å². The summed E-state index contributed by atoms with van der Waals surface area (Å²) in [5.41, 5.74) is 4.42. The van der Waals surface area contributed by atoms with E-state index in [1.165, 1.54) is 6.07 Å². The lowest BCUT2D eigenvalue weighted by molar-refractivity contribution is 0.184. The number of benzene rings is 2. The fourth-order valence-electron chi connectivity index (χ4n) is 2.77. The Hall–Kier alpha value is -2.40. The molecular formula is C21H28FN3O. The van der Waals surface area contributed by atoms with Crippen LogP contribution in [0.1, 0.15) is 29.2 Å². The van der Waals surface area contributed by atoms with Gasteiger partial charge in [-0.15, -0.1) is 0 Å². The lowest BCUT2D eigenvalue weighted by Gasteiger charge is -2.13. The second-order valence-electron chi connectivity index (χ2n) is 6.14. The van der Waals surface area contributed by atoms with E-state index in [1.54, 1.807) is 13.2 Å². The second kappa shape index (κ2) is 10.6. The average Bonchev–Trinajstić information content (AvgIpc) is 2.63. The van der Waals surface area contributed by atoms with Gasteiger partial charge in [-0.25, -0.2) is 9.38 Å². The summed E-state index contributed by atoms with van der Waals surface area (Å²) in [6, 6.07) is 13.1. The molecule has 2 aromatic carbocycles. The summed E-state index contributed by atoms with van der Waals surface area (Å²) in [6.07, 6.45) is 0.816. The van der Waals surface area contributed by atoms with Gasteiger partial charge in [-0.05, 0) is 54.7 Å². The van der Waals surface area contributed by atoms with E-state index in [0.29, 0.717) is 13.2 Å². The van der Waals surface area contributed by atoms with Crippen molar-refractivity contribution in [3.8, 4) is 0 Å². The van der Waals surface area contributed by atoms with Crippen LogP contribution < -0.4 is 10.6 Å². The molecule has 140 valence electrons. The summed E-state index contributed by atoms with van der Waals surface area (Å²) in [4.78, 5) is 4.67. The van der Waals surface area contributed by atoms with Crippen molar-refractivity contribution in [3.63, 3.8) is 0 Å². The lowest BCUT2D eigenvalue weighted by atomic mass is 10.1. The Bertz CT molecular complexity index is 731. The Morgan fingerprint density at radius 1 is 1.08 bits per heavy atom. The number of aliphatic imine (C=N–C) groups is 1. The molecule has 26 heavy (non-hydrogen) atoms. The van der Waals surface area contributed by atoms with Crippen molar-refractivity contribution in [3.05, 3.63) is 70.5 Å². The molecule has 0 heterocycles. The standard InChI is InChI=1S/C21H28FN3O/c1-4-23-21(24-12-11-17-9-10-20(22)13-16(17)2)25-14-18-7-5-6-8-19(18)15-26-3/h5-10,13H,4,11-12,14-15H2,1-3H3,(H2,23,24,25). The number of ether oxygens (including phenoxy) is 1. The molecule has 2 N–H and O–H groups in total. The number of halogens is 1. The molecule has 5 heteroatoms. The maximum Gasteiger partial charge on any atom is 0.191 e. The van der Waals surface area contributed by atoms with Crippen molar-refractivity contribution >= 4 is 5.96 Å². The predicted molar refractivity (Wildman–Crippen MR) is 105 cm³/mol. The van der Waals surface area contributed by atoms with E-state index in [2.05, 4.69) is 27.8 Å². The largest absolute Gasteiger partial charge is 0.380 e. The quantitative estimate of drug-likeness (QED) is 0.561. The summed E-state index contributed by atoms with van der Waals surface area (Å²) in [5, 5.41) is 6.61. The van der Waals surface area contributed by atoms with Crippen molar-refractivity contribution in [2.75, 3.05) is 20.2 Å². The van der Waals surface area contributed by atoms with Crippen LogP contribution in [0.2, 0.25) is 0 Å². The summed E-state index contributed by atoms with van der Waals surface area (Å²) in [7, 11) is 1.70. The normalized spacial score (nSPS) is 11.5. The van der Waals surface area contributed by atoms with Gasteiger partial charge in [0.05, 0.1) is 13.2 Å². The minimum absolute atomic E-state index is 0.191. The van der Waals surface area contributed by atoms with Gasteiger partial charge in [-0.3, -0.25) is 0 Å². The molecule has 0 saturated heterocycles. The molecule has 4 nitrogen and oxygen atoms in total. The number of guanidine groups is 1. The van der Waals surface area contributed by atoms with Gasteiger partial charge in [-0.1, -0.05) is 30.3 Å². The number of nitrogens with one attached hydrogen (secondary N) is 2. The molecule has 0 aliphatic carbocycles. The van der Waals surface area contributed by atoms with Crippen LogP contribution in [0.5, 0.6) is 0 Å². The van der Waals surface area contributed by atoms with Gasteiger partial charge < -0.3 is 15.4 Å². The molecule has 0 bridgehead atoms. The molecule has 2 aromatic rings. The van der Waals surface area contributed by atoms with Gasteiger partial charge >= 0.3 is 0 Å². The fraction of sp³-hybridized carbons (Fsp3) is 0.381. The highest BCUT2D eigenvalue weighted by molar-refractivity contribution is 5.79. The molecule has 2 rings (SSSR count). The van der Waals surface area contributed by atoms with Gasteiger partial charge in [0.1, 0.15) is 5.82 Å². The van der Waals surface area contributed by atoms with Crippen molar-refractivity contribution in [2.45, 2.75) is 33.4 Å². The number of hydrogen-bond acceptors (Lipinski definition) is 2. The zero-order valence-electron chi connectivity index (χ0n) is 15.8. The average molecular weight is 357 g/mol. The van der Waals surface area contributed by atoms with E-state index >= 15 is 0 Å².